The maximum absolute atomic E-state index is 6.03. The Bertz CT molecular complexity index is 859. The van der Waals surface area contributed by atoms with Gasteiger partial charge >= 0.3 is 0 Å². The minimum atomic E-state index is -0.0719. The first-order chi connectivity index (χ1) is 13.6. The van der Waals surface area contributed by atoms with Crippen molar-refractivity contribution in [1.82, 2.24) is 25.0 Å². The van der Waals surface area contributed by atoms with Gasteiger partial charge in [0.15, 0.2) is 0 Å². The van der Waals surface area contributed by atoms with Gasteiger partial charge in [-0.25, -0.2) is 0 Å². The summed E-state index contributed by atoms with van der Waals surface area (Å²) in [5, 5.41) is 12.6. The molecule has 3 aliphatic rings. The van der Waals surface area contributed by atoms with Crippen molar-refractivity contribution in [3.63, 3.8) is 0 Å². The van der Waals surface area contributed by atoms with Gasteiger partial charge in [0.2, 0.25) is 0 Å². The maximum Gasteiger partial charge on any atom is 0.137 e. The van der Waals surface area contributed by atoms with Gasteiger partial charge in [0, 0.05) is 51.5 Å². The van der Waals surface area contributed by atoms with Crippen molar-refractivity contribution in [1.29, 1.82) is 0 Å². The molecule has 0 amide bonds. The van der Waals surface area contributed by atoms with Crippen LogP contribution >= 0.6 is 0 Å². The Hall–Kier alpha value is -1.92. The maximum atomic E-state index is 6.03. The lowest BCUT2D eigenvalue weighted by Crippen LogP contribution is -2.35. The highest BCUT2D eigenvalue weighted by Crippen LogP contribution is 2.36. The van der Waals surface area contributed by atoms with Crippen molar-refractivity contribution in [3.05, 3.63) is 41.0 Å². The van der Waals surface area contributed by atoms with E-state index in [1.54, 1.807) is 0 Å². The first kappa shape index (κ1) is 18.1. The Kier molecular flexibility index (Phi) is 4.63. The molecule has 0 radical (unpaired) electrons. The van der Waals surface area contributed by atoms with Crippen LogP contribution in [0.1, 0.15) is 55.4 Å². The molecule has 0 saturated carbocycles. The molecule has 5 rings (SSSR count). The second-order valence-electron chi connectivity index (χ2n) is 9.18. The van der Waals surface area contributed by atoms with E-state index in [1.165, 1.54) is 29.8 Å². The zero-order valence-corrected chi connectivity index (χ0v) is 17.1. The summed E-state index contributed by atoms with van der Waals surface area (Å²) >= 11 is 0. The van der Waals surface area contributed by atoms with Gasteiger partial charge < -0.3 is 14.6 Å². The van der Waals surface area contributed by atoms with Crippen LogP contribution in [0.25, 0.3) is 0 Å². The first-order valence-corrected chi connectivity index (χ1v) is 10.7. The zero-order valence-electron chi connectivity index (χ0n) is 17.1. The fraction of sp³-hybridized carbons (Fsp3) is 0.636. The van der Waals surface area contributed by atoms with E-state index < -0.39 is 0 Å². The monoisotopic (exact) mass is 381 g/mol. The predicted molar refractivity (Wildman–Crippen MR) is 109 cm³/mol. The zero-order chi connectivity index (χ0) is 19.1. The van der Waals surface area contributed by atoms with Crippen LogP contribution in [0, 0.1) is 0 Å². The molecule has 150 valence electrons. The highest BCUT2D eigenvalue weighted by atomic mass is 16.5. The topological polar surface area (TPSA) is 55.2 Å². The number of nitrogens with one attached hydrogen (secondary N) is 1. The first-order valence-electron chi connectivity index (χ1n) is 10.7. The summed E-state index contributed by atoms with van der Waals surface area (Å²) in [6.45, 7) is 10.6. The molecule has 1 atom stereocenters. The van der Waals surface area contributed by atoms with Gasteiger partial charge in [0.25, 0.3) is 0 Å². The summed E-state index contributed by atoms with van der Waals surface area (Å²) < 4.78 is 8.41. The summed E-state index contributed by atoms with van der Waals surface area (Å²) in [6, 6.07) is 6.74. The van der Waals surface area contributed by atoms with Gasteiger partial charge in [0.1, 0.15) is 23.0 Å². The molecule has 6 heteroatoms. The number of rotatable bonds is 3. The van der Waals surface area contributed by atoms with Crippen LogP contribution in [0.5, 0.6) is 5.75 Å². The molecule has 6 nitrogen and oxygen atoms in total. The number of fused-ring (bicyclic) bond motifs is 2. The van der Waals surface area contributed by atoms with Gasteiger partial charge in [-0.15, -0.1) is 10.2 Å². The smallest absolute Gasteiger partial charge is 0.137 e. The summed E-state index contributed by atoms with van der Waals surface area (Å²) in [5.41, 5.74) is 2.67. The average molecular weight is 382 g/mol. The van der Waals surface area contributed by atoms with E-state index in [0.29, 0.717) is 5.92 Å². The van der Waals surface area contributed by atoms with Crippen LogP contribution in [0.3, 0.4) is 0 Å². The Morgan fingerprint density at radius 3 is 3.07 bits per heavy atom. The van der Waals surface area contributed by atoms with E-state index in [2.05, 4.69) is 57.0 Å². The number of hydrogen-bond acceptors (Lipinski definition) is 5. The van der Waals surface area contributed by atoms with Gasteiger partial charge in [0.05, 0.1) is 0 Å². The second kappa shape index (κ2) is 7.16. The lowest BCUT2D eigenvalue weighted by Gasteiger charge is -2.32. The summed E-state index contributed by atoms with van der Waals surface area (Å²) in [5.74, 6) is 3.90. The average Bonchev–Trinajstić information content (AvgIpc) is 3.11. The van der Waals surface area contributed by atoms with E-state index >= 15 is 0 Å². The fourth-order valence-corrected chi connectivity index (χ4v) is 5.03. The van der Waals surface area contributed by atoms with Crippen molar-refractivity contribution in [2.75, 3.05) is 26.2 Å². The second-order valence-corrected chi connectivity index (χ2v) is 9.18. The molecule has 1 aromatic heterocycles. The van der Waals surface area contributed by atoms with E-state index in [-0.39, 0.29) is 5.60 Å². The number of hydrogen-bond donors (Lipinski definition) is 1. The van der Waals surface area contributed by atoms with Crippen LogP contribution in [0.2, 0.25) is 0 Å². The highest BCUT2D eigenvalue weighted by molar-refractivity contribution is 5.41. The summed E-state index contributed by atoms with van der Waals surface area (Å²) in [7, 11) is 0. The standard InChI is InChI=1S/C22H31N5O/c1-22(2)13-18-12-16(5-6-19(18)28-22)14-26-10-3-4-17(15-26)21-25-24-20-7-8-23-9-11-27(20)21/h5-6,12,17,23H,3-4,7-11,13-15H2,1-2H3. The molecule has 1 aromatic carbocycles. The van der Waals surface area contributed by atoms with Crippen LogP contribution in [-0.2, 0) is 25.9 Å². The molecule has 28 heavy (non-hydrogen) atoms. The van der Waals surface area contributed by atoms with Gasteiger partial charge in [-0.2, -0.15) is 0 Å². The third-order valence-corrected chi connectivity index (χ3v) is 6.30. The molecule has 2 aromatic rings. The molecule has 1 N–H and O–H groups in total. The summed E-state index contributed by atoms with van der Waals surface area (Å²) in [4.78, 5) is 2.59. The molecule has 0 aliphatic carbocycles. The van der Waals surface area contributed by atoms with E-state index in [0.717, 1.165) is 63.7 Å². The third kappa shape index (κ3) is 3.55. The lowest BCUT2D eigenvalue weighted by molar-refractivity contribution is 0.138. The largest absolute Gasteiger partial charge is 0.487 e. The SMILES string of the molecule is CC1(C)Cc2cc(CN3CCCC(c4nnc5n4CCNCC5)C3)ccc2O1. The Labute approximate surface area is 167 Å². The third-order valence-electron chi connectivity index (χ3n) is 6.30. The van der Waals surface area contributed by atoms with Crippen LogP contribution < -0.4 is 10.1 Å². The van der Waals surface area contributed by atoms with Gasteiger partial charge in [-0.1, -0.05) is 12.1 Å². The molecule has 1 saturated heterocycles. The minimum absolute atomic E-state index is 0.0719. The Morgan fingerprint density at radius 1 is 1.21 bits per heavy atom. The molecular weight excluding hydrogens is 350 g/mol. The van der Waals surface area contributed by atoms with Gasteiger partial charge in [-0.3, -0.25) is 4.90 Å². The van der Waals surface area contributed by atoms with Gasteiger partial charge in [-0.05, 0) is 50.4 Å². The molecule has 4 heterocycles. The molecular formula is C22H31N5O. The molecule has 3 aliphatic heterocycles. The van der Waals surface area contributed by atoms with E-state index in [1.807, 2.05) is 0 Å². The molecule has 1 unspecified atom stereocenters. The molecule has 0 bridgehead atoms. The number of benzene rings is 1. The lowest BCUT2D eigenvalue weighted by atomic mass is 9.96. The number of nitrogens with zero attached hydrogens (tertiary/aromatic N) is 4. The van der Waals surface area contributed by atoms with Crippen molar-refractivity contribution in [2.24, 2.45) is 0 Å². The Morgan fingerprint density at radius 2 is 2.14 bits per heavy atom. The summed E-state index contributed by atoms with van der Waals surface area (Å²) in [6.07, 6.45) is 4.43. The minimum Gasteiger partial charge on any atom is -0.487 e. The number of piperidine rings is 1. The molecule has 0 spiro atoms. The molecule has 1 fully saturated rings. The quantitative estimate of drug-likeness (QED) is 0.885. The van der Waals surface area contributed by atoms with Crippen molar-refractivity contribution in [3.8, 4) is 5.75 Å². The van der Waals surface area contributed by atoms with Crippen molar-refractivity contribution < 1.29 is 4.74 Å². The van der Waals surface area contributed by atoms with E-state index in [9.17, 15) is 0 Å². The van der Waals surface area contributed by atoms with E-state index in [4.69, 9.17) is 4.74 Å². The number of likely N-dealkylation sites (tertiary alicyclic amines) is 1. The fourth-order valence-electron chi connectivity index (χ4n) is 5.03. The number of ether oxygens (including phenoxy) is 1. The van der Waals surface area contributed by atoms with Crippen LogP contribution in [-0.4, -0.2) is 51.4 Å². The normalized spacial score (nSPS) is 24.3. The van der Waals surface area contributed by atoms with Crippen molar-refractivity contribution in [2.45, 2.75) is 64.1 Å². The van der Waals surface area contributed by atoms with Crippen LogP contribution in [0.4, 0.5) is 0 Å². The predicted octanol–water partition coefficient (Wildman–Crippen LogP) is 2.52. The number of aromatic nitrogens is 3. The Balaban J connectivity index is 1.29. The van der Waals surface area contributed by atoms with Crippen molar-refractivity contribution >= 4 is 0 Å². The van der Waals surface area contributed by atoms with Crippen LogP contribution in [0.15, 0.2) is 18.2 Å². The highest BCUT2D eigenvalue weighted by Gasteiger charge is 2.31.